The zero-order chi connectivity index (χ0) is 15.1. The summed E-state index contributed by atoms with van der Waals surface area (Å²) in [5, 5.41) is 0. The molecule has 0 aliphatic heterocycles. The Hall–Kier alpha value is 0.310. The summed E-state index contributed by atoms with van der Waals surface area (Å²) >= 11 is 4.25. The van der Waals surface area contributed by atoms with Crippen molar-refractivity contribution >= 4 is 12.6 Å². The first-order valence-electron chi connectivity index (χ1n) is 9.05. The highest BCUT2D eigenvalue weighted by Gasteiger charge is 2.09. The molecule has 0 aromatic heterocycles. The Bertz CT molecular complexity index is 192. The lowest BCUT2D eigenvalue weighted by Gasteiger charge is -2.28. The minimum absolute atomic E-state index is 1.06. The Balaban J connectivity index is 3.06. The Kier molecular flexibility index (Phi) is 14.5. The largest absolute Gasteiger partial charge is 0.329 e. The van der Waals surface area contributed by atoms with Crippen LogP contribution in [0.5, 0.6) is 0 Å². The molecule has 0 heterocycles. The molecule has 122 valence electrons. The number of unbranched alkanes of at least 4 members (excludes halogenated alkanes) is 11. The molecule has 0 amide bonds. The zero-order valence-electron chi connectivity index (χ0n) is 14.5. The lowest BCUT2D eigenvalue weighted by atomic mass is 10.1. The van der Waals surface area contributed by atoms with Gasteiger partial charge in [-0.05, 0) is 31.9 Å². The van der Waals surface area contributed by atoms with Gasteiger partial charge in [-0.25, -0.2) is 0 Å². The molecule has 0 rings (SSSR count). The van der Waals surface area contributed by atoms with Crippen molar-refractivity contribution in [1.82, 2.24) is 0 Å². The van der Waals surface area contributed by atoms with Crippen molar-refractivity contribution in [2.45, 2.75) is 84.0 Å². The first kappa shape index (κ1) is 20.3. The molecular weight excluding hydrogens is 262 g/mol. The topological polar surface area (TPSA) is 0 Å². The average Bonchev–Trinajstić information content (AvgIpc) is 2.44. The minimum Gasteiger partial charge on any atom is -0.329 e. The minimum atomic E-state index is 1.06. The lowest BCUT2D eigenvalue weighted by molar-refractivity contribution is -0.888. The van der Waals surface area contributed by atoms with E-state index in [1.54, 1.807) is 0 Å². The van der Waals surface area contributed by atoms with Crippen LogP contribution in [0.25, 0.3) is 0 Å². The molecule has 0 saturated carbocycles. The normalized spacial score (nSPS) is 12.0. The van der Waals surface area contributed by atoms with Crippen LogP contribution in [0.1, 0.15) is 84.0 Å². The van der Waals surface area contributed by atoms with Gasteiger partial charge in [0.2, 0.25) is 0 Å². The fourth-order valence-electron chi connectivity index (χ4n) is 2.58. The van der Waals surface area contributed by atoms with Gasteiger partial charge in [0.1, 0.15) is 0 Å². The van der Waals surface area contributed by atoms with Gasteiger partial charge in [-0.15, -0.1) is 0 Å². The van der Waals surface area contributed by atoms with E-state index in [2.05, 4.69) is 33.6 Å². The molecule has 0 saturated heterocycles. The number of hydrogen-bond acceptors (Lipinski definition) is 1. The highest BCUT2D eigenvalue weighted by molar-refractivity contribution is 7.80. The van der Waals surface area contributed by atoms with E-state index in [4.69, 9.17) is 0 Å². The van der Waals surface area contributed by atoms with E-state index < -0.39 is 0 Å². The van der Waals surface area contributed by atoms with E-state index in [1.807, 2.05) is 0 Å². The van der Waals surface area contributed by atoms with Gasteiger partial charge in [-0.1, -0.05) is 57.8 Å². The number of thiol groups is 1. The van der Waals surface area contributed by atoms with Crippen LogP contribution in [0, 0.1) is 0 Å². The Morgan fingerprint density at radius 3 is 1.30 bits per heavy atom. The fourth-order valence-corrected chi connectivity index (χ4v) is 2.80. The van der Waals surface area contributed by atoms with Crippen molar-refractivity contribution in [3.8, 4) is 0 Å². The standard InChI is InChI=1S/C18H39NS/c1-4-19(2,3)17-15-13-11-9-7-5-6-8-10-12-14-16-18-20/h4-18H2,1-3H3/p+1. The van der Waals surface area contributed by atoms with Crippen LogP contribution >= 0.6 is 12.6 Å². The molecule has 0 aromatic carbocycles. The van der Waals surface area contributed by atoms with E-state index in [1.165, 1.54) is 94.6 Å². The maximum Gasteiger partial charge on any atom is 0.0782 e. The molecule has 0 N–H and O–H groups in total. The molecule has 2 heteroatoms. The van der Waals surface area contributed by atoms with Gasteiger partial charge in [-0.3, -0.25) is 0 Å². The second-order valence-electron chi connectivity index (χ2n) is 6.94. The van der Waals surface area contributed by atoms with Crippen LogP contribution < -0.4 is 0 Å². The molecule has 0 spiro atoms. The second kappa shape index (κ2) is 14.3. The van der Waals surface area contributed by atoms with Crippen molar-refractivity contribution in [1.29, 1.82) is 0 Å². The molecule has 0 aromatic rings. The van der Waals surface area contributed by atoms with Crippen LogP contribution in [0.2, 0.25) is 0 Å². The Morgan fingerprint density at radius 2 is 0.950 bits per heavy atom. The average molecular weight is 303 g/mol. The Labute approximate surface area is 134 Å². The van der Waals surface area contributed by atoms with Crippen molar-refractivity contribution in [2.24, 2.45) is 0 Å². The smallest absolute Gasteiger partial charge is 0.0782 e. The van der Waals surface area contributed by atoms with Crippen LogP contribution in [0.4, 0.5) is 0 Å². The van der Waals surface area contributed by atoms with E-state index in [0.717, 1.165) is 5.75 Å². The third-order valence-electron chi connectivity index (χ3n) is 4.53. The summed E-state index contributed by atoms with van der Waals surface area (Å²) in [6, 6.07) is 0. The van der Waals surface area contributed by atoms with Crippen LogP contribution in [0.3, 0.4) is 0 Å². The molecule has 1 nitrogen and oxygen atoms in total. The molecular formula is C18H40NS+. The van der Waals surface area contributed by atoms with Crippen molar-refractivity contribution in [2.75, 3.05) is 32.9 Å². The number of hydrogen-bond donors (Lipinski definition) is 1. The Morgan fingerprint density at radius 1 is 0.600 bits per heavy atom. The summed E-state index contributed by atoms with van der Waals surface area (Å²) in [5.41, 5.74) is 0. The summed E-state index contributed by atoms with van der Waals surface area (Å²) < 4.78 is 1.19. The van der Waals surface area contributed by atoms with E-state index in [9.17, 15) is 0 Å². The first-order chi connectivity index (χ1) is 9.62. The molecule has 0 radical (unpaired) electrons. The second-order valence-corrected chi connectivity index (χ2v) is 7.39. The summed E-state index contributed by atoms with van der Waals surface area (Å²) in [5.74, 6) is 1.06. The first-order valence-corrected chi connectivity index (χ1v) is 9.68. The molecule has 0 fully saturated rings. The fraction of sp³-hybridized carbons (Fsp3) is 1.00. The van der Waals surface area contributed by atoms with Crippen LogP contribution in [0.15, 0.2) is 0 Å². The van der Waals surface area contributed by atoms with E-state index in [-0.39, 0.29) is 0 Å². The summed E-state index contributed by atoms with van der Waals surface area (Å²) in [7, 11) is 4.69. The monoisotopic (exact) mass is 302 g/mol. The van der Waals surface area contributed by atoms with Gasteiger partial charge in [0.05, 0.1) is 27.2 Å². The van der Waals surface area contributed by atoms with Crippen LogP contribution in [-0.4, -0.2) is 37.4 Å². The van der Waals surface area contributed by atoms with Gasteiger partial charge in [0.15, 0.2) is 0 Å². The van der Waals surface area contributed by atoms with Crippen molar-refractivity contribution in [3.05, 3.63) is 0 Å². The SMILES string of the molecule is CC[N+](C)(C)CCCCCCCCCCCCCCS. The van der Waals surface area contributed by atoms with Gasteiger partial charge in [0.25, 0.3) is 0 Å². The third kappa shape index (κ3) is 14.7. The van der Waals surface area contributed by atoms with Gasteiger partial charge >= 0.3 is 0 Å². The quantitative estimate of drug-likeness (QED) is 0.224. The molecule has 0 unspecified atom stereocenters. The maximum absolute atomic E-state index is 4.25. The van der Waals surface area contributed by atoms with Gasteiger partial charge in [0, 0.05) is 0 Å². The maximum atomic E-state index is 4.25. The van der Waals surface area contributed by atoms with Gasteiger partial charge < -0.3 is 4.48 Å². The van der Waals surface area contributed by atoms with E-state index >= 15 is 0 Å². The highest BCUT2D eigenvalue weighted by Crippen LogP contribution is 2.12. The molecule has 0 bridgehead atoms. The van der Waals surface area contributed by atoms with Crippen molar-refractivity contribution < 1.29 is 4.48 Å². The predicted molar refractivity (Wildman–Crippen MR) is 96.8 cm³/mol. The predicted octanol–water partition coefficient (Wildman–Crippen LogP) is 5.69. The number of nitrogens with zero attached hydrogens (tertiary/aromatic N) is 1. The summed E-state index contributed by atoms with van der Waals surface area (Å²) in [6.07, 6.45) is 17.1. The van der Waals surface area contributed by atoms with Crippen LogP contribution in [-0.2, 0) is 0 Å². The summed E-state index contributed by atoms with van der Waals surface area (Å²) in [6.45, 7) is 4.90. The van der Waals surface area contributed by atoms with Crippen molar-refractivity contribution in [3.63, 3.8) is 0 Å². The molecule has 20 heavy (non-hydrogen) atoms. The van der Waals surface area contributed by atoms with Gasteiger partial charge in [-0.2, -0.15) is 12.6 Å². The lowest BCUT2D eigenvalue weighted by Crippen LogP contribution is -2.39. The molecule has 0 atom stereocenters. The number of rotatable bonds is 15. The zero-order valence-corrected chi connectivity index (χ0v) is 15.4. The van der Waals surface area contributed by atoms with E-state index in [0.29, 0.717) is 0 Å². The molecule has 0 aliphatic rings. The summed E-state index contributed by atoms with van der Waals surface area (Å²) in [4.78, 5) is 0. The highest BCUT2D eigenvalue weighted by atomic mass is 32.1. The molecule has 0 aliphatic carbocycles. The number of quaternary nitrogens is 1. The third-order valence-corrected chi connectivity index (χ3v) is 4.84.